The zero-order valence-electron chi connectivity index (χ0n) is 17.0. The maximum absolute atomic E-state index is 12.9. The monoisotopic (exact) mass is 389 g/mol. The first-order chi connectivity index (χ1) is 13.3. The number of carbonyl (C=O) groups is 2. The SMILES string of the molecule is CN(CC(=O)O)CC1CN(C(=O)NC2CCC(C)(C)c3ccccc32)CCO1. The third kappa shape index (κ3) is 4.83. The third-order valence-electron chi connectivity index (χ3n) is 5.77. The average molecular weight is 389 g/mol. The first-order valence-electron chi connectivity index (χ1n) is 9.93. The molecule has 1 aromatic carbocycles. The van der Waals surface area contributed by atoms with Crippen molar-refractivity contribution in [3.05, 3.63) is 35.4 Å². The van der Waals surface area contributed by atoms with Crippen LogP contribution in [-0.2, 0) is 14.9 Å². The van der Waals surface area contributed by atoms with Gasteiger partial charge < -0.3 is 20.1 Å². The maximum atomic E-state index is 12.9. The molecule has 1 fully saturated rings. The predicted octanol–water partition coefficient (Wildman–Crippen LogP) is 2.23. The zero-order chi connectivity index (χ0) is 20.3. The van der Waals surface area contributed by atoms with Gasteiger partial charge in [-0.25, -0.2) is 4.79 Å². The van der Waals surface area contributed by atoms with E-state index in [1.807, 2.05) is 6.07 Å². The number of nitrogens with one attached hydrogen (secondary N) is 1. The van der Waals surface area contributed by atoms with Crippen LogP contribution in [0.25, 0.3) is 0 Å². The number of carboxylic acid groups (broad SMARTS) is 1. The van der Waals surface area contributed by atoms with Crippen molar-refractivity contribution in [3.8, 4) is 0 Å². The molecule has 2 aliphatic rings. The van der Waals surface area contributed by atoms with Gasteiger partial charge in [0.25, 0.3) is 0 Å². The number of nitrogens with zero attached hydrogens (tertiary/aromatic N) is 2. The van der Waals surface area contributed by atoms with Crippen LogP contribution in [0.3, 0.4) is 0 Å². The molecule has 2 amide bonds. The van der Waals surface area contributed by atoms with Crippen molar-refractivity contribution in [2.24, 2.45) is 0 Å². The van der Waals surface area contributed by atoms with Gasteiger partial charge in [0.05, 0.1) is 25.3 Å². The highest BCUT2D eigenvalue weighted by atomic mass is 16.5. The Morgan fingerprint density at radius 2 is 2.11 bits per heavy atom. The van der Waals surface area contributed by atoms with Crippen LogP contribution >= 0.6 is 0 Å². The molecule has 2 atom stereocenters. The topological polar surface area (TPSA) is 82.1 Å². The quantitative estimate of drug-likeness (QED) is 0.807. The molecule has 1 aromatic rings. The Balaban J connectivity index is 1.61. The van der Waals surface area contributed by atoms with E-state index >= 15 is 0 Å². The summed E-state index contributed by atoms with van der Waals surface area (Å²) in [6, 6.07) is 8.32. The molecule has 0 bridgehead atoms. The van der Waals surface area contributed by atoms with E-state index < -0.39 is 5.97 Å². The van der Waals surface area contributed by atoms with Crippen molar-refractivity contribution in [2.75, 3.05) is 39.8 Å². The lowest BCUT2D eigenvalue weighted by molar-refractivity contribution is -0.138. The number of ether oxygens (including phenoxy) is 1. The molecule has 1 heterocycles. The largest absolute Gasteiger partial charge is 0.480 e. The molecule has 0 spiro atoms. The summed E-state index contributed by atoms with van der Waals surface area (Å²) in [5.41, 5.74) is 2.64. The number of carboxylic acids is 1. The van der Waals surface area contributed by atoms with Gasteiger partial charge in [-0.1, -0.05) is 38.1 Å². The summed E-state index contributed by atoms with van der Waals surface area (Å²) >= 11 is 0. The zero-order valence-corrected chi connectivity index (χ0v) is 17.0. The maximum Gasteiger partial charge on any atom is 0.318 e. The van der Waals surface area contributed by atoms with Gasteiger partial charge >= 0.3 is 12.0 Å². The Labute approximate surface area is 166 Å². The molecule has 0 aromatic heterocycles. The number of hydrogen-bond donors (Lipinski definition) is 2. The van der Waals surface area contributed by atoms with Gasteiger partial charge in [0.2, 0.25) is 0 Å². The van der Waals surface area contributed by atoms with E-state index in [0.29, 0.717) is 26.2 Å². The minimum absolute atomic E-state index is 0.0210. The number of amides is 2. The lowest BCUT2D eigenvalue weighted by Gasteiger charge is -2.39. The fraction of sp³-hybridized carbons (Fsp3) is 0.619. The number of aliphatic carboxylic acids is 1. The molecule has 0 radical (unpaired) electrons. The number of hydrogen-bond acceptors (Lipinski definition) is 4. The van der Waals surface area contributed by atoms with E-state index in [9.17, 15) is 9.59 Å². The molecule has 1 aliphatic heterocycles. The van der Waals surface area contributed by atoms with Crippen LogP contribution in [0.15, 0.2) is 24.3 Å². The van der Waals surface area contributed by atoms with Crippen LogP contribution in [-0.4, -0.2) is 72.8 Å². The summed E-state index contributed by atoms with van der Waals surface area (Å²) in [6.07, 6.45) is 1.77. The standard InChI is InChI=1S/C21H31N3O4/c1-21(2)9-8-18(16-6-4-5-7-17(16)21)22-20(27)24-10-11-28-15(13-24)12-23(3)14-19(25)26/h4-7,15,18H,8-14H2,1-3H3,(H,22,27)(H,25,26). The highest BCUT2D eigenvalue weighted by Crippen LogP contribution is 2.41. The van der Waals surface area contributed by atoms with E-state index in [2.05, 4.69) is 37.4 Å². The van der Waals surface area contributed by atoms with E-state index in [1.54, 1.807) is 16.8 Å². The summed E-state index contributed by atoms with van der Waals surface area (Å²) in [5, 5.41) is 12.1. The van der Waals surface area contributed by atoms with Crippen LogP contribution in [0, 0.1) is 0 Å². The van der Waals surface area contributed by atoms with Crippen LogP contribution in [0.4, 0.5) is 4.79 Å². The first-order valence-corrected chi connectivity index (χ1v) is 9.93. The van der Waals surface area contributed by atoms with Gasteiger partial charge in [0.1, 0.15) is 0 Å². The molecular formula is C21H31N3O4. The lowest BCUT2D eigenvalue weighted by atomic mass is 9.71. The second-order valence-corrected chi connectivity index (χ2v) is 8.54. The molecule has 2 N–H and O–H groups in total. The van der Waals surface area contributed by atoms with Crippen molar-refractivity contribution in [2.45, 2.75) is 44.2 Å². The van der Waals surface area contributed by atoms with Gasteiger partial charge in [-0.15, -0.1) is 0 Å². The molecule has 0 saturated carbocycles. The molecular weight excluding hydrogens is 358 g/mol. The van der Waals surface area contributed by atoms with Gasteiger partial charge in [0.15, 0.2) is 0 Å². The van der Waals surface area contributed by atoms with Crippen LogP contribution in [0.1, 0.15) is 43.9 Å². The summed E-state index contributed by atoms with van der Waals surface area (Å²) in [6.45, 7) is 6.43. The summed E-state index contributed by atoms with van der Waals surface area (Å²) in [5.74, 6) is -0.869. The molecule has 7 heteroatoms. The first kappa shape index (κ1) is 20.6. The van der Waals surface area contributed by atoms with Crippen molar-refractivity contribution >= 4 is 12.0 Å². The number of rotatable bonds is 5. The van der Waals surface area contributed by atoms with Crippen molar-refractivity contribution in [1.29, 1.82) is 0 Å². The Bertz CT molecular complexity index is 721. The molecule has 154 valence electrons. The number of carbonyl (C=O) groups excluding carboxylic acids is 1. The highest BCUT2D eigenvalue weighted by Gasteiger charge is 2.34. The molecule has 1 saturated heterocycles. The minimum atomic E-state index is -0.869. The highest BCUT2D eigenvalue weighted by molar-refractivity contribution is 5.75. The summed E-state index contributed by atoms with van der Waals surface area (Å²) in [4.78, 5) is 27.2. The molecule has 28 heavy (non-hydrogen) atoms. The van der Waals surface area contributed by atoms with Gasteiger partial charge in [-0.05, 0) is 36.4 Å². The Kier molecular flexibility index (Phi) is 6.25. The summed E-state index contributed by atoms with van der Waals surface area (Å²) in [7, 11) is 1.75. The smallest absolute Gasteiger partial charge is 0.318 e. The van der Waals surface area contributed by atoms with Crippen LogP contribution in [0.2, 0.25) is 0 Å². The molecule has 2 unspecified atom stereocenters. The average Bonchev–Trinajstić information content (AvgIpc) is 2.64. The fourth-order valence-electron chi connectivity index (χ4n) is 4.26. The van der Waals surface area contributed by atoms with E-state index in [1.165, 1.54) is 11.1 Å². The number of morpholine rings is 1. The predicted molar refractivity (Wildman–Crippen MR) is 106 cm³/mol. The van der Waals surface area contributed by atoms with Gasteiger partial charge in [0, 0.05) is 19.6 Å². The second-order valence-electron chi connectivity index (χ2n) is 8.54. The normalized spacial score (nSPS) is 23.9. The number of fused-ring (bicyclic) bond motifs is 1. The third-order valence-corrected chi connectivity index (χ3v) is 5.77. The Hall–Kier alpha value is -2.12. The summed E-state index contributed by atoms with van der Waals surface area (Å²) < 4.78 is 5.73. The van der Waals surface area contributed by atoms with Crippen molar-refractivity contribution < 1.29 is 19.4 Å². The number of urea groups is 1. The fourth-order valence-corrected chi connectivity index (χ4v) is 4.26. The van der Waals surface area contributed by atoms with E-state index in [4.69, 9.17) is 9.84 Å². The van der Waals surface area contributed by atoms with Crippen LogP contribution in [0.5, 0.6) is 0 Å². The number of likely N-dealkylation sites (N-methyl/N-ethyl adjacent to an activating group) is 1. The van der Waals surface area contributed by atoms with Crippen LogP contribution < -0.4 is 5.32 Å². The molecule has 3 rings (SSSR count). The second kappa shape index (κ2) is 8.49. The molecule has 7 nitrogen and oxygen atoms in total. The minimum Gasteiger partial charge on any atom is -0.480 e. The molecule has 1 aliphatic carbocycles. The van der Waals surface area contributed by atoms with Crippen molar-refractivity contribution in [1.82, 2.24) is 15.1 Å². The Morgan fingerprint density at radius 3 is 2.86 bits per heavy atom. The van der Waals surface area contributed by atoms with E-state index in [-0.39, 0.29) is 30.1 Å². The Morgan fingerprint density at radius 1 is 1.36 bits per heavy atom. The van der Waals surface area contributed by atoms with Gasteiger partial charge in [-0.3, -0.25) is 9.69 Å². The lowest BCUT2D eigenvalue weighted by Crippen LogP contribution is -2.53. The van der Waals surface area contributed by atoms with Gasteiger partial charge in [-0.2, -0.15) is 0 Å². The van der Waals surface area contributed by atoms with E-state index in [0.717, 1.165) is 12.8 Å². The number of benzene rings is 1. The van der Waals surface area contributed by atoms with Crippen molar-refractivity contribution in [3.63, 3.8) is 0 Å².